The third kappa shape index (κ3) is 5.69. The highest BCUT2D eigenvalue weighted by atomic mass is 35.5. The molecule has 0 bridgehead atoms. The van der Waals surface area contributed by atoms with Gasteiger partial charge >= 0.3 is 0 Å². The zero-order chi connectivity index (χ0) is 24.9. The number of phenols is 1. The smallest absolute Gasteiger partial charge is 0.229 e. The van der Waals surface area contributed by atoms with Gasteiger partial charge in [-0.15, -0.1) is 5.53 Å². The Kier molecular flexibility index (Phi) is 7.79. The fraction of sp³-hybridized carbons (Fsp3) is 0.250. The maximum Gasteiger partial charge on any atom is 0.229 e. The second-order valence-corrected chi connectivity index (χ2v) is 8.66. The number of anilines is 2. The quantitative estimate of drug-likeness (QED) is 0.277. The summed E-state index contributed by atoms with van der Waals surface area (Å²) in [6, 6.07) is 11.0. The molecule has 184 valence electrons. The first kappa shape index (κ1) is 24.8. The zero-order valence-corrected chi connectivity index (χ0v) is 20.2. The van der Waals surface area contributed by atoms with Crippen LogP contribution in [0.4, 0.5) is 15.9 Å². The van der Waals surface area contributed by atoms with Crippen molar-refractivity contribution in [2.75, 3.05) is 50.2 Å². The Morgan fingerprint density at radius 2 is 1.77 bits per heavy atom. The van der Waals surface area contributed by atoms with Gasteiger partial charge in [-0.2, -0.15) is 5.53 Å². The maximum absolute atomic E-state index is 14.7. The predicted molar refractivity (Wildman–Crippen MR) is 135 cm³/mol. The summed E-state index contributed by atoms with van der Waals surface area (Å²) < 4.78 is 14.7. The van der Waals surface area contributed by atoms with Gasteiger partial charge in [-0.3, -0.25) is 4.79 Å². The summed E-state index contributed by atoms with van der Waals surface area (Å²) in [6.07, 6.45) is 2.22. The molecule has 9 nitrogen and oxygen atoms in total. The van der Waals surface area contributed by atoms with Crippen LogP contribution in [0.5, 0.6) is 5.75 Å². The van der Waals surface area contributed by atoms with Gasteiger partial charge in [-0.1, -0.05) is 17.7 Å². The molecule has 4 N–H and O–H groups in total. The molecule has 1 fully saturated rings. The minimum atomic E-state index is -0.500. The molecular formula is C24H27ClFN7O2. The number of pyridine rings is 1. The molecule has 1 amide bonds. The minimum Gasteiger partial charge on any atom is -0.507 e. The number of halogens is 2. The first-order valence-corrected chi connectivity index (χ1v) is 11.4. The molecular weight excluding hydrogens is 473 g/mol. The molecule has 1 aliphatic heterocycles. The van der Waals surface area contributed by atoms with Gasteiger partial charge in [-0.05, 0) is 47.5 Å². The van der Waals surface area contributed by atoms with Gasteiger partial charge in [0.1, 0.15) is 17.4 Å². The van der Waals surface area contributed by atoms with Crippen molar-refractivity contribution in [2.24, 2.45) is 0 Å². The Balaban J connectivity index is 1.68. The van der Waals surface area contributed by atoms with Gasteiger partial charge < -0.3 is 15.3 Å². The maximum atomic E-state index is 14.7. The second-order valence-electron chi connectivity index (χ2n) is 8.25. The lowest BCUT2D eigenvalue weighted by atomic mass is 9.97. The highest BCUT2D eigenvalue weighted by molar-refractivity contribution is 6.33. The lowest BCUT2D eigenvalue weighted by Gasteiger charge is -2.28. The summed E-state index contributed by atoms with van der Waals surface area (Å²) in [5.74, 6) is 0.196. The van der Waals surface area contributed by atoms with E-state index in [1.807, 2.05) is 6.07 Å². The van der Waals surface area contributed by atoms with Crippen molar-refractivity contribution < 1.29 is 14.3 Å². The number of aromatic nitrogens is 1. The van der Waals surface area contributed by atoms with Crippen LogP contribution in [0.15, 0.2) is 48.7 Å². The largest absolute Gasteiger partial charge is 0.507 e. The molecule has 1 aliphatic rings. The van der Waals surface area contributed by atoms with Gasteiger partial charge in [0, 0.05) is 57.6 Å². The molecule has 1 aromatic heterocycles. The summed E-state index contributed by atoms with van der Waals surface area (Å²) in [5, 5.41) is 17.4. The number of carbonyl (C=O) groups excluding carboxylic acids is 1. The number of hydrogen-bond acceptors (Lipinski definition) is 8. The summed E-state index contributed by atoms with van der Waals surface area (Å²) in [6.45, 7) is 3.36. The number of hydrazine groups is 3. The van der Waals surface area contributed by atoms with E-state index in [0.717, 1.165) is 37.0 Å². The van der Waals surface area contributed by atoms with Crippen molar-refractivity contribution in [2.45, 2.75) is 0 Å². The van der Waals surface area contributed by atoms with Crippen molar-refractivity contribution in [1.82, 2.24) is 26.4 Å². The molecule has 0 aliphatic carbocycles. The van der Waals surface area contributed by atoms with Crippen LogP contribution < -0.4 is 26.3 Å². The molecule has 3 aromatic rings. The van der Waals surface area contributed by atoms with Gasteiger partial charge in [0.25, 0.3) is 0 Å². The monoisotopic (exact) mass is 499 g/mol. The number of amides is 1. The molecule has 0 saturated carbocycles. The van der Waals surface area contributed by atoms with E-state index >= 15 is 0 Å². The normalized spacial score (nSPS) is 13.8. The average Bonchev–Trinajstić information content (AvgIpc) is 2.86. The van der Waals surface area contributed by atoms with Gasteiger partial charge in [-0.25, -0.2) is 19.4 Å². The summed E-state index contributed by atoms with van der Waals surface area (Å²) in [7, 11) is 3.50. The van der Waals surface area contributed by atoms with E-state index < -0.39 is 5.82 Å². The van der Waals surface area contributed by atoms with Crippen LogP contribution in [-0.2, 0) is 4.79 Å². The van der Waals surface area contributed by atoms with Crippen molar-refractivity contribution >= 4 is 29.5 Å². The van der Waals surface area contributed by atoms with Crippen LogP contribution in [0, 0.1) is 5.82 Å². The van der Waals surface area contributed by atoms with Gasteiger partial charge in [0.05, 0.1) is 10.7 Å². The van der Waals surface area contributed by atoms with Crippen LogP contribution in [0.2, 0.25) is 5.02 Å². The Morgan fingerprint density at radius 3 is 2.40 bits per heavy atom. The minimum absolute atomic E-state index is 0.0766. The first-order chi connectivity index (χ1) is 16.9. The molecule has 4 rings (SSSR count). The molecule has 11 heteroatoms. The predicted octanol–water partition coefficient (Wildman–Crippen LogP) is 2.77. The number of nitrogens with zero attached hydrogens (tertiary/aromatic N) is 4. The van der Waals surface area contributed by atoms with E-state index in [2.05, 4.69) is 26.3 Å². The summed E-state index contributed by atoms with van der Waals surface area (Å²) in [5.41, 5.74) is 7.63. The number of phenolic OH excluding ortho intramolecular Hbond substituents is 1. The highest BCUT2D eigenvalue weighted by Crippen LogP contribution is 2.41. The first-order valence-electron chi connectivity index (χ1n) is 11.0. The lowest BCUT2D eigenvalue weighted by molar-refractivity contribution is -0.108. The van der Waals surface area contributed by atoms with Crippen LogP contribution in [-0.4, -0.2) is 61.8 Å². The molecule has 0 radical (unpaired) electrons. The molecule has 2 aromatic carbocycles. The van der Waals surface area contributed by atoms with Crippen LogP contribution in [0.1, 0.15) is 0 Å². The molecule has 1 saturated heterocycles. The number of nitrogens with one attached hydrogen (secondary N) is 3. The standard InChI is InChI=1S/C24H27ClFN7O2/c1-31(2)29-30-33(15-34)22-4-3-16(11-21(22)25)19-13-18(26)14-20(24(19)35)17-5-6-28-23(12-17)32-9-7-27-8-10-32/h3-6,11-15,27,29-30,35H,7-10H2,1-2H3. The fourth-order valence-electron chi connectivity index (χ4n) is 3.86. The third-order valence-corrected chi connectivity index (χ3v) is 5.89. The molecule has 0 spiro atoms. The number of piperazine rings is 1. The van der Waals surface area contributed by atoms with Crippen molar-refractivity contribution in [1.29, 1.82) is 0 Å². The van der Waals surface area contributed by atoms with E-state index in [1.54, 1.807) is 49.6 Å². The van der Waals surface area contributed by atoms with E-state index in [9.17, 15) is 14.3 Å². The van der Waals surface area contributed by atoms with Crippen molar-refractivity contribution in [3.8, 4) is 28.0 Å². The van der Waals surface area contributed by atoms with Crippen LogP contribution in [0.25, 0.3) is 22.3 Å². The summed E-state index contributed by atoms with van der Waals surface area (Å²) >= 11 is 6.45. The van der Waals surface area contributed by atoms with E-state index in [4.69, 9.17) is 11.6 Å². The second kappa shape index (κ2) is 11.0. The van der Waals surface area contributed by atoms with E-state index in [1.165, 1.54) is 12.1 Å². The molecule has 0 unspecified atom stereocenters. The van der Waals surface area contributed by atoms with Crippen LogP contribution >= 0.6 is 11.6 Å². The average molecular weight is 500 g/mol. The fourth-order valence-corrected chi connectivity index (χ4v) is 4.13. The van der Waals surface area contributed by atoms with Gasteiger partial charge in [0.2, 0.25) is 6.41 Å². The van der Waals surface area contributed by atoms with Crippen molar-refractivity contribution in [3.63, 3.8) is 0 Å². The van der Waals surface area contributed by atoms with Crippen LogP contribution in [0.3, 0.4) is 0 Å². The Morgan fingerprint density at radius 1 is 1.09 bits per heavy atom. The number of carbonyl (C=O) groups is 1. The van der Waals surface area contributed by atoms with Crippen molar-refractivity contribution in [3.05, 3.63) is 59.5 Å². The Hall–Kier alpha value is -3.28. The molecule has 0 atom stereocenters. The van der Waals surface area contributed by atoms with E-state index in [-0.39, 0.29) is 16.3 Å². The number of rotatable bonds is 8. The Bertz CT molecular complexity index is 1200. The topological polar surface area (TPSA) is 96.0 Å². The zero-order valence-electron chi connectivity index (χ0n) is 19.4. The Labute approximate surface area is 208 Å². The highest BCUT2D eigenvalue weighted by Gasteiger charge is 2.18. The SMILES string of the molecule is CN(C)NNN(C=O)c1ccc(-c2cc(F)cc(-c3ccnc(N4CCNCC4)c3)c2O)cc1Cl. The molecule has 2 heterocycles. The lowest BCUT2D eigenvalue weighted by Crippen LogP contribution is -2.52. The third-order valence-electron chi connectivity index (χ3n) is 5.59. The number of hydrogen-bond donors (Lipinski definition) is 4. The van der Waals surface area contributed by atoms with Gasteiger partial charge in [0.15, 0.2) is 0 Å². The molecule has 35 heavy (non-hydrogen) atoms. The number of aromatic hydroxyl groups is 1. The summed E-state index contributed by atoms with van der Waals surface area (Å²) in [4.78, 5) is 18.1. The number of benzene rings is 2. The van der Waals surface area contributed by atoms with E-state index in [0.29, 0.717) is 28.8 Å².